The molecule has 2 aliphatic carbocycles. The van der Waals surface area contributed by atoms with Gasteiger partial charge in [0.25, 0.3) is 0 Å². The Balaban J connectivity index is 1.34. The van der Waals surface area contributed by atoms with Gasteiger partial charge in [0.2, 0.25) is 5.95 Å². The van der Waals surface area contributed by atoms with E-state index in [-0.39, 0.29) is 29.8 Å². The topological polar surface area (TPSA) is 108 Å². The van der Waals surface area contributed by atoms with Gasteiger partial charge in [0, 0.05) is 29.9 Å². The third-order valence-corrected chi connectivity index (χ3v) is 11.0. The Hall–Kier alpha value is -3.67. The van der Waals surface area contributed by atoms with Crippen LogP contribution in [0, 0.1) is 11.8 Å². The highest BCUT2D eigenvalue weighted by molar-refractivity contribution is 5.70. The van der Waals surface area contributed by atoms with Crippen molar-refractivity contribution < 1.29 is 23.1 Å². The first kappa shape index (κ1) is 35.2. The van der Waals surface area contributed by atoms with Crippen molar-refractivity contribution in [1.29, 1.82) is 0 Å². The van der Waals surface area contributed by atoms with Crippen molar-refractivity contribution in [2.24, 2.45) is 11.8 Å². The molecule has 12 heteroatoms. The average Bonchev–Trinajstić information content (AvgIpc) is 3.55. The predicted molar refractivity (Wildman–Crippen MR) is 184 cm³/mol. The lowest BCUT2D eigenvalue weighted by Gasteiger charge is -2.36. The fourth-order valence-corrected chi connectivity index (χ4v) is 8.38. The molecule has 3 heterocycles. The number of carboxylic acids is 1. The Labute approximate surface area is 287 Å². The van der Waals surface area contributed by atoms with Crippen LogP contribution in [0.3, 0.4) is 0 Å². The summed E-state index contributed by atoms with van der Waals surface area (Å²) in [4.78, 5) is 24.2. The van der Waals surface area contributed by atoms with Crippen molar-refractivity contribution in [1.82, 2.24) is 24.6 Å². The lowest BCUT2D eigenvalue weighted by atomic mass is 9.74. The van der Waals surface area contributed by atoms with Crippen molar-refractivity contribution in [2.45, 2.75) is 115 Å². The number of anilines is 2. The molecule has 3 N–H and O–H groups in total. The van der Waals surface area contributed by atoms with E-state index in [9.17, 15) is 23.1 Å². The highest BCUT2D eigenvalue weighted by Crippen LogP contribution is 2.45. The molecule has 2 fully saturated rings. The molecule has 0 radical (unpaired) electrons. The summed E-state index contributed by atoms with van der Waals surface area (Å²) in [7, 11) is 0. The minimum absolute atomic E-state index is 0.100. The van der Waals surface area contributed by atoms with E-state index in [1.165, 1.54) is 18.2 Å². The lowest BCUT2D eigenvalue weighted by Crippen LogP contribution is -2.36. The number of halogens is 3. The number of nitrogens with zero attached hydrogens (tertiary/aromatic N) is 5. The quantitative estimate of drug-likeness (QED) is 0.178. The van der Waals surface area contributed by atoms with Gasteiger partial charge >= 0.3 is 12.1 Å². The lowest BCUT2D eigenvalue weighted by molar-refractivity contribution is -0.143. The van der Waals surface area contributed by atoms with Crippen molar-refractivity contribution in [3.63, 3.8) is 0 Å². The first-order valence-electron chi connectivity index (χ1n) is 18.1. The number of hydrogen-bond donors (Lipinski definition) is 3. The summed E-state index contributed by atoms with van der Waals surface area (Å²) in [6.07, 6.45) is 7.70. The Bertz CT molecular complexity index is 1530. The summed E-state index contributed by atoms with van der Waals surface area (Å²) in [6.45, 7) is 5.74. The van der Waals surface area contributed by atoms with Crippen molar-refractivity contribution in [2.75, 3.05) is 30.3 Å². The van der Waals surface area contributed by atoms with Crippen LogP contribution in [-0.2, 0) is 17.8 Å². The van der Waals surface area contributed by atoms with Gasteiger partial charge in [0.05, 0.1) is 23.9 Å². The van der Waals surface area contributed by atoms with Crippen LogP contribution in [0.15, 0.2) is 42.7 Å². The summed E-state index contributed by atoms with van der Waals surface area (Å²) in [5, 5.41) is 21.0. The molecule has 3 aromatic rings. The van der Waals surface area contributed by atoms with E-state index in [0.29, 0.717) is 36.8 Å². The minimum Gasteiger partial charge on any atom is -0.481 e. The Morgan fingerprint density at radius 1 is 1.02 bits per heavy atom. The fourth-order valence-electron chi connectivity index (χ4n) is 8.38. The number of aliphatic carboxylic acids is 1. The van der Waals surface area contributed by atoms with Crippen LogP contribution < -0.4 is 10.6 Å². The van der Waals surface area contributed by atoms with Gasteiger partial charge in [-0.15, -0.1) is 0 Å². The molecular weight excluding hydrogens is 631 g/mol. The molecule has 3 aliphatic rings. The normalized spacial score (nSPS) is 24.5. The summed E-state index contributed by atoms with van der Waals surface area (Å²) in [6, 6.07) is 10.3. The first-order valence-corrected chi connectivity index (χ1v) is 18.1. The van der Waals surface area contributed by atoms with Gasteiger partial charge in [-0.1, -0.05) is 50.6 Å². The van der Waals surface area contributed by atoms with Crippen LogP contribution in [-0.4, -0.2) is 67.6 Å². The molecule has 0 bridgehead atoms. The van der Waals surface area contributed by atoms with E-state index < -0.39 is 18.7 Å². The maximum atomic E-state index is 13.3. The molecule has 1 aliphatic heterocycles. The van der Waals surface area contributed by atoms with Gasteiger partial charge in [-0.25, -0.2) is 4.98 Å². The fraction of sp³-hybridized carbons (Fsp3) is 0.622. The first-order chi connectivity index (χ1) is 23.6. The number of piperidine rings is 1. The summed E-state index contributed by atoms with van der Waals surface area (Å²) < 4.78 is 40.9. The molecule has 1 aromatic carbocycles. The zero-order valence-corrected chi connectivity index (χ0v) is 28.6. The van der Waals surface area contributed by atoms with Crippen molar-refractivity contribution in [3.05, 3.63) is 65.1 Å². The SMILES string of the molecule is CC[C@@H](Nc1nc2c(c(N[C@@H](CN3CCCCC3)c3cnn(CC(F)(F)F)c3)n1)[C@H](C)[C@H](c1ccccc1)CC2)C1CCC(C(=O)O)CC1. The number of rotatable bonds is 12. The molecule has 2 aromatic heterocycles. The summed E-state index contributed by atoms with van der Waals surface area (Å²) in [5.74, 6) is 0.988. The minimum atomic E-state index is -4.37. The molecule has 1 saturated heterocycles. The summed E-state index contributed by atoms with van der Waals surface area (Å²) >= 11 is 0. The molecule has 6 rings (SSSR count). The highest BCUT2D eigenvalue weighted by Gasteiger charge is 2.35. The maximum Gasteiger partial charge on any atom is 0.408 e. The van der Waals surface area contributed by atoms with Gasteiger partial charge in [-0.3, -0.25) is 9.48 Å². The molecule has 0 amide bonds. The molecule has 266 valence electrons. The molecule has 0 spiro atoms. The third kappa shape index (κ3) is 8.74. The Morgan fingerprint density at radius 2 is 1.76 bits per heavy atom. The van der Waals surface area contributed by atoms with Gasteiger partial charge < -0.3 is 20.6 Å². The maximum absolute atomic E-state index is 13.3. The molecule has 1 saturated carbocycles. The molecule has 4 atom stereocenters. The number of aryl methyl sites for hydroxylation is 1. The molecule has 9 nitrogen and oxygen atoms in total. The third-order valence-electron chi connectivity index (χ3n) is 11.0. The van der Waals surface area contributed by atoms with Gasteiger partial charge in [0.15, 0.2) is 0 Å². The molecule has 49 heavy (non-hydrogen) atoms. The average molecular weight is 682 g/mol. The highest BCUT2D eigenvalue weighted by atomic mass is 19.4. The van der Waals surface area contributed by atoms with E-state index in [2.05, 4.69) is 58.7 Å². The van der Waals surface area contributed by atoms with Gasteiger partial charge in [-0.05, 0) is 94.2 Å². The number of fused-ring (bicyclic) bond motifs is 1. The second kappa shape index (κ2) is 15.5. The number of aromatic nitrogens is 4. The number of carboxylic acid groups (broad SMARTS) is 1. The number of benzene rings is 1. The summed E-state index contributed by atoms with van der Waals surface area (Å²) in [5.41, 5.74) is 4.03. The van der Waals surface area contributed by atoms with Crippen LogP contribution in [0.2, 0.25) is 0 Å². The molecular formula is C37H50F3N7O2. The van der Waals surface area contributed by atoms with Gasteiger partial charge in [-0.2, -0.15) is 23.3 Å². The predicted octanol–water partition coefficient (Wildman–Crippen LogP) is 7.79. The zero-order valence-electron chi connectivity index (χ0n) is 28.6. The van der Waals surface area contributed by atoms with E-state index in [1.54, 1.807) is 6.20 Å². The van der Waals surface area contributed by atoms with E-state index >= 15 is 0 Å². The number of likely N-dealkylation sites (tertiary alicyclic amines) is 1. The largest absolute Gasteiger partial charge is 0.481 e. The smallest absolute Gasteiger partial charge is 0.408 e. The number of carbonyl (C=O) groups is 1. The van der Waals surface area contributed by atoms with E-state index in [1.807, 2.05) is 6.07 Å². The van der Waals surface area contributed by atoms with E-state index in [4.69, 9.17) is 9.97 Å². The van der Waals surface area contributed by atoms with Crippen molar-refractivity contribution in [3.8, 4) is 0 Å². The number of hydrogen-bond acceptors (Lipinski definition) is 7. The standard InChI is InChI=1S/C37H50F3N7O2/c1-3-30(26-12-14-27(15-13-26)35(48)49)43-36-44-31-17-16-29(25-10-6-4-7-11-25)24(2)33(31)34(45-36)42-32(22-46-18-8-5-9-19-46)28-20-41-47(21-28)23-37(38,39)40/h4,6-7,10-11,20-21,24,26-27,29-30,32H,3,5,8-9,12-19,22-23H2,1-2H3,(H,48,49)(H2,42,43,44,45)/t24-,26?,27?,29-,30-,32+/m1/s1. The number of alkyl halides is 3. The van der Waals surface area contributed by atoms with Crippen LogP contribution in [0.5, 0.6) is 0 Å². The van der Waals surface area contributed by atoms with Crippen LogP contribution in [0.4, 0.5) is 24.9 Å². The number of nitrogens with one attached hydrogen (secondary N) is 2. The second-order valence-corrected chi connectivity index (χ2v) is 14.4. The van der Waals surface area contributed by atoms with Crippen LogP contribution >= 0.6 is 0 Å². The van der Waals surface area contributed by atoms with Gasteiger partial charge in [0.1, 0.15) is 12.4 Å². The monoisotopic (exact) mass is 681 g/mol. The second-order valence-electron chi connectivity index (χ2n) is 14.4. The van der Waals surface area contributed by atoms with E-state index in [0.717, 1.165) is 79.8 Å². The van der Waals surface area contributed by atoms with Crippen LogP contribution in [0.25, 0.3) is 0 Å². The van der Waals surface area contributed by atoms with Crippen LogP contribution in [0.1, 0.15) is 112 Å². The van der Waals surface area contributed by atoms with Crippen molar-refractivity contribution >= 4 is 17.7 Å². The Morgan fingerprint density at radius 3 is 2.43 bits per heavy atom. The Kier molecular flexibility index (Phi) is 11.1. The molecule has 0 unspecified atom stereocenters. The zero-order chi connectivity index (χ0) is 34.5.